The second-order valence-corrected chi connectivity index (χ2v) is 7.97. The molecule has 0 saturated carbocycles. The molecule has 0 aliphatic rings. The maximum atomic E-state index is 13.1. The minimum Gasteiger partial charge on any atom is -0.493 e. The molecule has 3 aromatic carbocycles. The summed E-state index contributed by atoms with van der Waals surface area (Å²) in [6.07, 6.45) is -1.99. The first-order valence-corrected chi connectivity index (χ1v) is 11.0. The summed E-state index contributed by atoms with van der Waals surface area (Å²) in [4.78, 5) is 17.3. The Morgan fingerprint density at radius 3 is 2.37 bits per heavy atom. The highest BCUT2D eigenvalue weighted by Gasteiger charge is 2.30. The molecule has 1 N–H and O–H groups in total. The quantitative estimate of drug-likeness (QED) is 0.314. The molecular weight excluding hydrogens is 453 g/mol. The van der Waals surface area contributed by atoms with E-state index >= 15 is 0 Å². The Morgan fingerprint density at radius 2 is 1.69 bits per heavy atom. The molecule has 0 spiro atoms. The van der Waals surface area contributed by atoms with E-state index in [2.05, 4.69) is 10.3 Å². The molecule has 0 unspecified atom stereocenters. The third-order valence-electron chi connectivity index (χ3n) is 5.49. The van der Waals surface area contributed by atoms with Crippen LogP contribution in [-0.4, -0.2) is 17.5 Å². The van der Waals surface area contributed by atoms with Gasteiger partial charge in [0.2, 0.25) is 0 Å². The van der Waals surface area contributed by atoms with Gasteiger partial charge >= 0.3 is 6.18 Å². The Balaban J connectivity index is 1.45. The van der Waals surface area contributed by atoms with E-state index < -0.39 is 11.7 Å². The van der Waals surface area contributed by atoms with Gasteiger partial charge in [0.05, 0.1) is 12.2 Å². The summed E-state index contributed by atoms with van der Waals surface area (Å²) in [7, 11) is 0. The van der Waals surface area contributed by atoms with E-state index in [1.54, 1.807) is 42.6 Å². The van der Waals surface area contributed by atoms with Crippen LogP contribution in [0.2, 0.25) is 0 Å². The average Bonchev–Trinajstić information content (AvgIpc) is 2.86. The molecule has 0 aliphatic carbocycles. The average molecular weight is 476 g/mol. The number of halogens is 3. The van der Waals surface area contributed by atoms with Crippen LogP contribution in [0.15, 0.2) is 91.1 Å². The van der Waals surface area contributed by atoms with Gasteiger partial charge < -0.3 is 10.1 Å². The number of aryl methyl sites for hydroxylation is 1. The van der Waals surface area contributed by atoms with Crippen LogP contribution in [0.4, 0.5) is 18.9 Å². The Morgan fingerprint density at radius 1 is 0.943 bits per heavy atom. The summed E-state index contributed by atoms with van der Waals surface area (Å²) in [6.45, 7) is 2.34. The maximum absolute atomic E-state index is 13.1. The van der Waals surface area contributed by atoms with Crippen molar-refractivity contribution in [1.29, 1.82) is 0 Å². The number of nitrogens with zero attached hydrogens (tertiary/aromatic N) is 1. The second kappa shape index (κ2) is 10.4. The number of anilines is 1. The number of ether oxygens (including phenoxy) is 1. The summed E-state index contributed by atoms with van der Waals surface area (Å²) in [5.41, 5.74) is 3.08. The van der Waals surface area contributed by atoms with Crippen LogP contribution in [0.5, 0.6) is 5.75 Å². The van der Waals surface area contributed by atoms with Crippen molar-refractivity contribution in [2.75, 3.05) is 11.9 Å². The Kier molecular flexibility index (Phi) is 7.15. The molecule has 1 heterocycles. The lowest BCUT2D eigenvalue weighted by molar-refractivity contribution is -0.137. The number of alkyl halides is 3. The van der Waals surface area contributed by atoms with Crippen LogP contribution in [0, 0.1) is 6.92 Å². The van der Waals surface area contributed by atoms with E-state index in [0.717, 1.165) is 23.4 Å². The lowest BCUT2D eigenvalue weighted by atomic mass is 9.98. The summed E-state index contributed by atoms with van der Waals surface area (Å²) in [6, 6.07) is 22.7. The summed E-state index contributed by atoms with van der Waals surface area (Å²) in [5, 5.41) is 2.90. The highest BCUT2D eigenvalue weighted by Crippen LogP contribution is 2.32. The van der Waals surface area contributed by atoms with E-state index in [9.17, 15) is 18.0 Å². The topological polar surface area (TPSA) is 51.2 Å². The molecule has 4 aromatic rings. The van der Waals surface area contributed by atoms with Gasteiger partial charge in [0.1, 0.15) is 5.75 Å². The van der Waals surface area contributed by atoms with E-state index in [1.165, 1.54) is 12.1 Å². The number of pyridine rings is 1. The van der Waals surface area contributed by atoms with Crippen molar-refractivity contribution in [2.45, 2.75) is 19.5 Å². The zero-order valence-electron chi connectivity index (χ0n) is 19.0. The third kappa shape index (κ3) is 6.06. The number of carbonyl (C=O) groups is 1. The molecule has 0 aliphatic heterocycles. The number of benzene rings is 3. The van der Waals surface area contributed by atoms with E-state index in [0.29, 0.717) is 41.2 Å². The van der Waals surface area contributed by atoms with Crippen LogP contribution < -0.4 is 10.1 Å². The predicted octanol–water partition coefficient (Wildman–Crippen LogP) is 6.95. The lowest BCUT2D eigenvalue weighted by Gasteiger charge is -2.14. The Labute approximate surface area is 201 Å². The molecule has 0 fully saturated rings. The smallest absolute Gasteiger partial charge is 0.416 e. The van der Waals surface area contributed by atoms with Crippen molar-refractivity contribution in [3.8, 4) is 16.9 Å². The van der Waals surface area contributed by atoms with Gasteiger partial charge in [-0.25, -0.2) is 0 Å². The number of amides is 1. The van der Waals surface area contributed by atoms with Crippen molar-refractivity contribution >= 4 is 11.6 Å². The molecule has 0 atom stereocenters. The third-order valence-corrected chi connectivity index (χ3v) is 5.49. The van der Waals surface area contributed by atoms with Gasteiger partial charge in [0, 0.05) is 29.6 Å². The summed E-state index contributed by atoms with van der Waals surface area (Å²) in [5.74, 6) is 0.328. The Hall–Kier alpha value is -4.13. The molecule has 178 valence electrons. The first kappa shape index (κ1) is 24.0. The van der Waals surface area contributed by atoms with Crippen LogP contribution in [-0.2, 0) is 12.6 Å². The minimum atomic E-state index is -4.42. The van der Waals surface area contributed by atoms with E-state index in [4.69, 9.17) is 4.74 Å². The van der Waals surface area contributed by atoms with Crippen LogP contribution in [0.25, 0.3) is 11.1 Å². The number of hydrogen-bond donors (Lipinski definition) is 1. The summed E-state index contributed by atoms with van der Waals surface area (Å²) < 4.78 is 44.5. The largest absolute Gasteiger partial charge is 0.493 e. The first-order chi connectivity index (χ1) is 16.8. The predicted molar refractivity (Wildman–Crippen MR) is 129 cm³/mol. The van der Waals surface area contributed by atoms with E-state index in [1.807, 2.05) is 31.2 Å². The second-order valence-electron chi connectivity index (χ2n) is 7.97. The number of aromatic nitrogens is 1. The number of hydrogen-bond acceptors (Lipinski definition) is 3. The number of nitrogens with one attached hydrogen (secondary N) is 1. The standard InChI is InChI=1S/C28H23F3N2O2/c1-19-18-23(35-17-15-22-6-4-5-16-32-22)13-14-26(19)33-27(34)25-8-3-2-7-24(25)20-9-11-21(12-10-20)28(29,30)31/h2-14,16,18H,15,17H2,1H3,(H,33,34). The van der Waals surface area contributed by atoms with Gasteiger partial charge in [-0.3, -0.25) is 9.78 Å². The molecule has 0 bridgehead atoms. The van der Waals surface area contributed by atoms with Crippen molar-refractivity contribution < 1.29 is 22.7 Å². The van der Waals surface area contributed by atoms with Gasteiger partial charge in [-0.2, -0.15) is 13.2 Å². The van der Waals surface area contributed by atoms with Gasteiger partial charge in [-0.15, -0.1) is 0 Å². The van der Waals surface area contributed by atoms with Gasteiger partial charge in [0.15, 0.2) is 0 Å². The molecule has 4 rings (SSSR count). The fourth-order valence-corrected chi connectivity index (χ4v) is 3.65. The van der Waals surface area contributed by atoms with Crippen LogP contribution >= 0.6 is 0 Å². The molecule has 4 nitrogen and oxygen atoms in total. The zero-order chi connectivity index (χ0) is 24.8. The molecule has 35 heavy (non-hydrogen) atoms. The van der Waals surface area contributed by atoms with E-state index in [-0.39, 0.29) is 5.91 Å². The highest BCUT2D eigenvalue weighted by atomic mass is 19.4. The SMILES string of the molecule is Cc1cc(OCCc2ccccn2)ccc1NC(=O)c1ccccc1-c1ccc(C(F)(F)F)cc1. The van der Waals surface area contributed by atoms with Crippen molar-refractivity contribution in [3.05, 3.63) is 114 Å². The highest BCUT2D eigenvalue weighted by molar-refractivity contribution is 6.09. The number of rotatable bonds is 7. The van der Waals surface area contributed by atoms with Crippen molar-refractivity contribution in [1.82, 2.24) is 4.98 Å². The summed E-state index contributed by atoms with van der Waals surface area (Å²) >= 11 is 0. The molecule has 7 heteroatoms. The van der Waals surface area contributed by atoms with Gasteiger partial charge in [0.25, 0.3) is 5.91 Å². The number of carbonyl (C=O) groups excluding carboxylic acids is 1. The fraction of sp³-hybridized carbons (Fsp3) is 0.143. The normalized spacial score (nSPS) is 11.2. The molecular formula is C28H23F3N2O2. The molecule has 0 saturated heterocycles. The zero-order valence-corrected chi connectivity index (χ0v) is 19.0. The first-order valence-electron chi connectivity index (χ1n) is 11.0. The molecule has 0 radical (unpaired) electrons. The maximum Gasteiger partial charge on any atom is 0.416 e. The van der Waals surface area contributed by atoms with Crippen molar-refractivity contribution in [2.24, 2.45) is 0 Å². The monoisotopic (exact) mass is 476 g/mol. The minimum absolute atomic E-state index is 0.354. The molecule has 1 amide bonds. The van der Waals surface area contributed by atoms with Crippen LogP contribution in [0.1, 0.15) is 27.2 Å². The van der Waals surface area contributed by atoms with Crippen LogP contribution in [0.3, 0.4) is 0 Å². The lowest BCUT2D eigenvalue weighted by Crippen LogP contribution is -2.14. The van der Waals surface area contributed by atoms with Gasteiger partial charge in [-0.05, 0) is 72.1 Å². The van der Waals surface area contributed by atoms with Gasteiger partial charge in [-0.1, -0.05) is 36.4 Å². The molecule has 1 aromatic heterocycles. The fourth-order valence-electron chi connectivity index (χ4n) is 3.65. The van der Waals surface area contributed by atoms with Crippen molar-refractivity contribution in [3.63, 3.8) is 0 Å². The Bertz CT molecular complexity index is 1300.